The second kappa shape index (κ2) is 7.74. The Balaban J connectivity index is 1.96. The first kappa shape index (κ1) is 15.4. The summed E-state index contributed by atoms with van der Waals surface area (Å²) in [5, 5.41) is 7.94. The third-order valence-corrected chi connectivity index (χ3v) is 3.97. The van der Waals surface area contributed by atoms with E-state index < -0.39 is 0 Å². The van der Waals surface area contributed by atoms with Gasteiger partial charge in [0.05, 0.1) is 6.54 Å². The summed E-state index contributed by atoms with van der Waals surface area (Å²) in [7, 11) is 0. The van der Waals surface area contributed by atoms with Crippen LogP contribution in [-0.4, -0.2) is 45.3 Å². The fraction of sp³-hybridized carbons (Fsp3) is 0.867. The molecule has 1 unspecified atom stereocenters. The minimum absolute atomic E-state index is 0.380. The van der Waals surface area contributed by atoms with Gasteiger partial charge in [-0.15, -0.1) is 0 Å². The van der Waals surface area contributed by atoms with Gasteiger partial charge in [0.2, 0.25) is 0 Å². The molecule has 2 heterocycles. The van der Waals surface area contributed by atoms with Crippen LogP contribution >= 0.6 is 0 Å². The summed E-state index contributed by atoms with van der Waals surface area (Å²) >= 11 is 0. The molecule has 0 aliphatic carbocycles. The molecule has 5 nitrogen and oxygen atoms in total. The lowest BCUT2D eigenvalue weighted by molar-refractivity contribution is 0.226. The molecule has 2 rings (SSSR count). The third-order valence-electron chi connectivity index (χ3n) is 3.97. The monoisotopic (exact) mass is 279 g/mol. The van der Waals surface area contributed by atoms with Crippen LogP contribution in [0.1, 0.15) is 58.3 Å². The summed E-state index contributed by atoms with van der Waals surface area (Å²) in [4.78, 5) is 6.99. The van der Waals surface area contributed by atoms with Crippen LogP contribution in [0.3, 0.4) is 0 Å². The largest absolute Gasteiger partial charge is 0.313 e. The van der Waals surface area contributed by atoms with Gasteiger partial charge in [-0.05, 0) is 46.2 Å². The molecule has 0 spiro atoms. The molecular weight excluding hydrogens is 250 g/mol. The van der Waals surface area contributed by atoms with Crippen molar-refractivity contribution in [3.05, 3.63) is 12.2 Å². The Bertz CT molecular complexity index is 381. The summed E-state index contributed by atoms with van der Waals surface area (Å²) in [6.45, 7) is 10.9. The number of nitrogens with one attached hydrogen (secondary N) is 1. The zero-order chi connectivity index (χ0) is 14.4. The van der Waals surface area contributed by atoms with E-state index in [9.17, 15) is 0 Å². The highest BCUT2D eigenvalue weighted by Crippen LogP contribution is 2.12. The molecule has 1 saturated heterocycles. The first-order chi connectivity index (χ1) is 9.70. The second-order valence-corrected chi connectivity index (χ2v) is 6.10. The normalized spacial score (nSPS) is 19.4. The zero-order valence-corrected chi connectivity index (χ0v) is 13.2. The van der Waals surface area contributed by atoms with Gasteiger partial charge < -0.3 is 5.32 Å². The molecule has 0 saturated carbocycles. The summed E-state index contributed by atoms with van der Waals surface area (Å²) in [5.74, 6) is 1.09. The van der Waals surface area contributed by atoms with E-state index in [1.807, 2.05) is 4.68 Å². The molecule has 1 aromatic heterocycles. The highest BCUT2D eigenvalue weighted by molar-refractivity contribution is 4.88. The molecule has 1 fully saturated rings. The van der Waals surface area contributed by atoms with Gasteiger partial charge in [-0.3, -0.25) is 4.90 Å². The number of aromatic nitrogens is 3. The van der Waals surface area contributed by atoms with E-state index in [0.29, 0.717) is 12.1 Å². The third kappa shape index (κ3) is 4.28. The minimum Gasteiger partial charge on any atom is -0.313 e. The molecule has 20 heavy (non-hydrogen) atoms. The van der Waals surface area contributed by atoms with E-state index in [1.54, 1.807) is 6.33 Å². The van der Waals surface area contributed by atoms with Gasteiger partial charge >= 0.3 is 0 Å². The van der Waals surface area contributed by atoms with E-state index >= 15 is 0 Å². The zero-order valence-electron chi connectivity index (χ0n) is 13.2. The molecule has 114 valence electrons. The van der Waals surface area contributed by atoms with Crippen LogP contribution in [0.5, 0.6) is 0 Å². The molecule has 0 radical (unpaired) electrons. The molecule has 0 bridgehead atoms. The molecule has 0 aromatic carbocycles. The van der Waals surface area contributed by atoms with Crippen LogP contribution in [0.25, 0.3) is 0 Å². The number of hydrogen-bond acceptors (Lipinski definition) is 4. The molecule has 1 aliphatic rings. The average Bonchev–Trinajstić information content (AvgIpc) is 3.07. The maximum absolute atomic E-state index is 4.45. The van der Waals surface area contributed by atoms with Gasteiger partial charge in [-0.2, -0.15) is 5.10 Å². The van der Waals surface area contributed by atoms with Crippen LogP contribution in [0.2, 0.25) is 0 Å². The quantitative estimate of drug-likeness (QED) is 0.792. The van der Waals surface area contributed by atoms with E-state index in [2.05, 4.69) is 41.1 Å². The SMILES string of the molecule is CCCCN(Cc1ncnn1C(C)C)CC1CCCN1. The smallest absolute Gasteiger partial charge is 0.141 e. The summed E-state index contributed by atoms with van der Waals surface area (Å²) in [5.41, 5.74) is 0. The molecule has 5 heteroatoms. The maximum Gasteiger partial charge on any atom is 0.141 e. The van der Waals surface area contributed by atoms with Gasteiger partial charge in [-0.25, -0.2) is 9.67 Å². The predicted octanol–water partition coefficient (Wildman–Crippen LogP) is 2.21. The summed E-state index contributed by atoms with van der Waals surface area (Å²) < 4.78 is 2.04. The van der Waals surface area contributed by atoms with Crippen LogP contribution in [0, 0.1) is 0 Å². The van der Waals surface area contributed by atoms with E-state index in [4.69, 9.17) is 0 Å². The highest BCUT2D eigenvalue weighted by Gasteiger charge is 2.19. The molecule has 0 amide bonds. The van der Waals surface area contributed by atoms with Crippen molar-refractivity contribution in [2.45, 2.75) is 65.1 Å². The summed E-state index contributed by atoms with van der Waals surface area (Å²) in [6.07, 6.45) is 6.79. The fourth-order valence-electron chi connectivity index (χ4n) is 2.86. The van der Waals surface area contributed by atoms with Gasteiger partial charge in [0, 0.05) is 18.6 Å². The minimum atomic E-state index is 0.380. The van der Waals surface area contributed by atoms with Crippen molar-refractivity contribution in [1.29, 1.82) is 0 Å². The van der Waals surface area contributed by atoms with Gasteiger partial charge in [0.25, 0.3) is 0 Å². The molecular formula is C15H29N5. The number of rotatable bonds is 8. The number of unbranched alkanes of at least 4 members (excludes halogenated alkanes) is 1. The van der Waals surface area contributed by atoms with Crippen LogP contribution in [-0.2, 0) is 6.54 Å². The fourth-order valence-corrected chi connectivity index (χ4v) is 2.86. The Morgan fingerprint density at radius 2 is 2.35 bits per heavy atom. The van der Waals surface area contributed by atoms with Crippen molar-refractivity contribution in [3.63, 3.8) is 0 Å². The topological polar surface area (TPSA) is 46.0 Å². The van der Waals surface area contributed by atoms with Crippen molar-refractivity contribution < 1.29 is 0 Å². The molecule has 1 atom stereocenters. The Morgan fingerprint density at radius 1 is 1.50 bits per heavy atom. The van der Waals surface area contributed by atoms with Crippen LogP contribution < -0.4 is 5.32 Å². The first-order valence-electron chi connectivity index (χ1n) is 8.04. The van der Waals surface area contributed by atoms with Crippen molar-refractivity contribution in [2.24, 2.45) is 0 Å². The Labute approximate surface area is 122 Å². The molecule has 1 aromatic rings. The molecule has 1 N–H and O–H groups in total. The van der Waals surface area contributed by atoms with Gasteiger partial charge in [-0.1, -0.05) is 13.3 Å². The van der Waals surface area contributed by atoms with Gasteiger partial charge in [0.1, 0.15) is 12.2 Å². The summed E-state index contributed by atoms with van der Waals surface area (Å²) in [6, 6.07) is 1.03. The van der Waals surface area contributed by atoms with E-state index in [1.165, 1.54) is 32.2 Å². The number of nitrogens with zero attached hydrogens (tertiary/aromatic N) is 4. The van der Waals surface area contributed by atoms with Crippen LogP contribution in [0.15, 0.2) is 6.33 Å². The Hall–Kier alpha value is -0.940. The Morgan fingerprint density at radius 3 is 3.00 bits per heavy atom. The Kier molecular flexibility index (Phi) is 5.98. The highest BCUT2D eigenvalue weighted by atomic mass is 15.4. The second-order valence-electron chi connectivity index (χ2n) is 6.10. The van der Waals surface area contributed by atoms with Crippen molar-refractivity contribution >= 4 is 0 Å². The first-order valence-corrected chi connectivity index (χ1v) is 8.04. The van der Waals surface area contributed by atoms with Crippen molar-refractivity contribution in [3.8, 4) is 0 Å². The van der Waals surface area contributed by atoms with E-state index in [-0.39, 0.29) is 0 Å². The predicted molar refractivity (Wildman–Crippen MR) is 81.6 cm³/mol. The van der Waals surface area contributed by atoms with Gasteiger partial charge in [0.15, 0.2) is 0 Å². The number of hydrogen-bond donors (Lipinski definition) is 1. The van der Waals surface area contributed by atoms with E-state index in [0.717, 1.165) is 25.5 Å². The van der Waals surface area contributed by atoms with Crippen molar-refractivity contribution in [2.75, 3.05) is 19.6 Å². The average molecular weight is 279 g/mol. The molecule has 1 aliphatic heterocycles. The van der Waals surface area contributed by atoms with Crippen molar-refractivity contribution in [1.82, 2.24) is 25.0 Å². The standard InChI is InChI=1S/C15H29N5/c1-4-5-9-19(10-14-7-6-8-16-14)11-15-17-12-18-20(15)13(2)3/h12-14,16H,4-11H2,1-3H3. The lowest BCUT2D eigenvalue weighted by Gasteiger charge is -2.25. The lowest BCUT2D eigenvalue weighted by Crippen LogP contribution is -2.38. The lowest BCUT2D eigenvalue weighted by atomic mass is 10.2. The van der Waals surface area contributed by atoms with Crippen LogP contribution in [0.4, 0.5) is 0 Å². The maximum atomic E-state index is 4.45.